The standard InChI is InChI=1S/C32H39N7O3/c1-5-29(41)39-15-14-27-26(19-39)31(35-24-12-10-21(11-13-24)23(17-33)18-34)37-30(36-27)22-8-7-9-25(16-22)42-20-28(40)38-32(3,4)6-2/h7-13,16-18,33H,5-6,14-15,19-20,34H2,1-4H3,(H,38,40)(H,35,36,37)/b23-18+,33-17?. The fraction of sp³-hybridized carbons (Fsp3) is 0.344. The van der Waals surface area contributed by atoms with E-state index in [0.717, 1.165) is 34.5 Å². The van der Waals surface area contributed by atoms with Crippen LogP contribution < -0.4 is 21.1 Å². The van der Waals surface area contributed by atoms with Gasteiger partial charge in [-0.1, -0.05) is 38.1 Å². The molecule has 2 heterocycles. The summed E-state index contributed by atoms with van der Waals surface area (Å²) in [6.07, 6.45) is 4.47. The lowest BCUT2D eigenvalue weighted by Gasteiger charge is -2.29. The van der Waals surface area contributed by atoms with Gasteiger partial charge in [0, 0.05) is 59.7 Å². The van der Waals surface area contributed by atoms with Crippen LogP contribution in [-0.4, -0.2) is 51.6 Å². The molecule has 1 aliphatic heterocycles. The Labute approximate surface area is 246 Å². The normalized spacial score (nSPS) is 13.2. The Morgan fingerprint density at radius 2 is 1.90 bits per heavy atom. The number of nitrogens with two attached hydrogens (primary N) is 1. The van der Waals surface area contributed by atoms with Gasteiger partial charge in [-0.05, 0) is 50.1 Å². The maximum atomic E-state index is 12.5. The molecule has 0 radical (unpaired) electrons. The van der Waals surface area contributed by atoms with E-state index in [1.54, 1.807) is 6.07 Å². The van der Waals surface area contributed by atoms with Gasteiger partial charge in [0.2, 0.25) is 5.91 Å². The summed E-state index contributed by atoms with van der Waals surface area (Å²) in [5.74, 6) is 1.57. The quantitative estimate of drug-likeness (QED) is 0.242. The van der Waals surface area contributed by atoms with Crippen molar-refractivity contribution in [2.24, 2.45) is 5.73 Å². The number of ether oxygens (including phenoxy) is 1. The first-order valence-electron chi connectivity index (χ1n) is 14.2. The van der Waals surface area contributed by atoms with Crippen LogP contribution >= 0.6 is 0 Å². The Kier molecular flexibility index (Phi) is 9.57. The van der Waals surface area contributed by atoms with Crippen LogP contribution in [0.1, 0.15) is 57.4 Å². The number of carbonyl (C=O) groups excluding carboxylic acids is 2. The maximum Gasteiger partial charge on any atom is 0.258 e. The van der Waals surface area contributed by atoms with Gasteiger partial charge in [0.1, 0.15) is 11.6 Å². The highest BCUT2D eigenvalue weighted by molar-refractivity contribution is 6.08. The number of fused-ring (bicyclic) bond motifs is 1. The van der Waals surface area contributed by atoms with Gasteiger partial charge in [0.05, 0.1) is 12.2 Å². The number of benzene rings is 2. The van der Waals surface area contributed by atoms with Crippen LogP contribution in [0.4, 0.5) is 11.5 Å². The Bertz CT molecular complexity index is 1480. The molecular formula is C32H39N7O3. The van der Waals surface area contributed by atoms with Crippen LogP contribution in [0.2, 0.25) is 0 Å². The predicted molar refractivity (Wildman–Crippen MR) is 166 cm³/mol. The highest BCUT2D eigenvalue weighted by Gasteiger charge is 2.25. The number of hydrogen-bond donors (Lipinski definition) is 4. The molecule has 0 bridgehead atoms. The Balaban J connectivity index is 1.63. The molecule has 1 aromatic heterocycles. The van der Waals surface area contributed by atoms with Crippen molar-refractivity contribution in [2.45, 2.75) is 59.0 Å². The van der Waals surface area contributed by atoms with Crippen LogP contribution in [0.25, 0.3) is 17.0 Å². The summed E-state index contributed by atoms with van der Waals surface area (Å²) < 4.78 is 5.80. The summed E-state index contributed by atoms with van der Waals surface area (Å²) in [4.78, 5) is 36.5. The minimum absolute atomic E-state index is 0.0870. The molecule has 0 saturated carbocycles. The van der Waals surface area contributed by atoms with Gasteiger partial charge in [0.25, 0.3) is 5.91 Å². The number of allylic oxidation sites excluding steroid dienone is 1. The topological polar surface area (TPSA) is 146 Å². The van der Waals surface area contributed by atoms with Crippen molar-refractivity contribution in [3.63, 3.8) is 0 Å². The third-order valence-corrected chi connectivity index (χ3v) is 7.36. The van der Waals surface area contributed by atoms with Gasteiger partial charge in [0.15, 0.2) is 12.4 Å². The molecule has 0 unspecified atom stereocenters. The first-order valence-corrected chi connectivity index (χ1v) is 14.2. The van der Waals surface area contributed by atoms with Crippen LogP contribution in [0.3, 0.4) is 0 Å². The van der Waals surface area contributed by atoms with Gasteiger partial charge < -0.3 is 31.4 Å². The van der Waals surface area contributed by atoms with Crippen LogP contribution in [0.15, 0.2) is 54.7 Å². The summed E-state index contributed by atoms with van der Waals surface area (Å²) in [6, 6.07) is 14.9. The van der Waals surface area contributed by atoms with E-state index in [1.165, 1.54) is 12.4 Å². The molecule has 0 atom stereocenters. The molecule has 0 fully saturated rings. The van der Waals surface area contributed by atoms with E-state index in [9.17, 15) is 9.59 Å². The van der Waals surface area contributed by atoms with E-state index in [4.69, 9.17) is 25.8 Å². The lowest BCUT2D eigenvalue weighted by atomic mass is 10.0. The summed E-state index contributed by atoms with van der Waals surface area (Å²) in [6.45, 7) is 8.74. The smallest absolute Gasteiger partial charge is 0.258 e. The Morgan fingerprint density at radius 1 is 1.14 bits per heavy atom. The molecule has 42 heavy (non-hydrogen) atoms. The molecule has 0 saturated heterocycles. The summed E-state index contributed by atoms with van der Waals surface area (Å²) in [7, 11) is 0. The van der Waals surface area contributed by atoms with E-state index >= 15 is 0 Å². The Hall–Kier alpha value is -4.73. The molecule has 3 aromatic rings. The monoisotopic (exact) mass is 569 g/mol. The molecular weight excluding hydrogens is 530 g/mol. The number of nitrogens with one attached hydrogen (secondary N) is 3. The number of rotatable bonds is 11. The average Bonchev–Trinajstić information content (AvgIpc) is 3.00. The molecule has 0 aliphatic carbocycles. The summed E-state index contributed by atoms with van der Waals surface area (Å²) in [5.41, 5.74) is 10.1. The van der Waals surface area contributed by atoms with Crippen molar-refractivity contribution in [3.05, 3.63) is 71.6 Å². The van der Waals surface area contributed by atoms with E-state index in [2.05, 4.69) is 10.6 Å². The third-order valence-electron chi connectivity index (χ3n) is 7.36. The summed E-state index contributed by atoms with van der Waals surface area (Å²) >= 11 is 0. The van der Waals surface area contributed by atoms with Crippen molar-refractivity contribution in [2.75, 3.05) is 18.5 Å². The van der Waals surface area contributed by atoms with Crippen molar-refractivity contribution < 1.29 is 14.3 Å². The largest absolute Gasteiger partial charge is 0.484 e. The second kappa shape index (κ2) is 13.3. The predicted octanol–water partition coefficient (Wildman–Crippen LogP) is 4.81. The maximum absolute atomic E-state index is 12.5. The molecule has 2 amide bonds. The molecule has 10 heteroatoms. The van der Waals surface area contributed by atoms with Crippen LogP contribution in [0, 0.1) is 5.41 Å². The second-order valence-electron chi connectivity index (χ2n) is 10.8. The van der Waals surface area contributed by atoms with Gasteiger partial charge >= 0.3 is 0 Å². The second-order valence-corrected chi connectivity index (χ2v) is 10.8. The van der Waals surface area contributed by atoms with E-state index in [1.807, 2.05) is 75.1 Å². The number of carbonyl (C=O) groups is 2. The highest BCUT2D eigenvalue weighted by atomic mass is 16.5. The first kappa shape index (κ1) is 30.2. The van der Waals surface area contributed by atoms with Crippen LogP contribution in [0.5, 0.6) is 5.75 Å². The molecule has 0 spiro atoms. The van der Waals surface area contributed by atoms with Gasteiger partial charge in [-0.3, -0.25) is 9.59 Å². The zero-order valence-corrected chi connectivity index (χ0v) is 24.7. The summed E-state index contributed by atoms with van der Waals surface area (Å²) in [5, 5.41) is 13.9. The molecule has 4 rings (SSSR count). The lowest BCUT2D eigenvalue weighted by molar-refractivity contribution is -0.131. The van der Waals surface area contributed by atoms with Gasteiger partial charge in [-0.25, -0.2) is 9.97 Å². The third kappa shape index (κ3) is 7.31. The van der Waals surface area contributed by atoms with Gasteiger partial charge in [-0.15, -0.1) is 0 Å². The first-order chi connectivity index (χ1) is 20.2. The number of anilines is 2. The van der Waals surface area contributed by atoms with E-state index < -0.39 is 0 Å². The minimum Gasteiger partial charge on any atom is -0.484 e. The number of aromatic nitrogens is 2. The number of hydrogen-bond acceptors (Lipinski definition) is 8. The molecule has 2 aromatic carbocycles. The molecule has 1 aliphatic rings. The fourth-order valence-corrected chi connectivity index (χ4v) is 4.57. The van der Waals surface area contributed by atoms with Crippen molar-refractivity contribution in [1.82, 2.24) is 20.2 Å². The van der Waals surface area contributed by atoms with Crippen molar-refractivity contribution in [1.29, 1.82) is 5.41 Å². The van der Waals surface area contributed by atoms with E-state index in [0.29, 0.717) is 48.9 Å². The number of nitrogens with zero attached hydrogens (tertiary/aromatic N) is 3. The molecule has 10 nitrogen and oxygen atoms in total. The fourth-order valence-electron chi connectivity index (χ4n) is 4.57. The van der Waals surface area contributed by atoms with Crippen molar-refractivity contribution >= 4 is 35.1 Å². The highest BCUT2D eigenvalue weighted by Crippen LogP contribution is 2.31. The van der Waals surface area contributed by atoms with E-state index in [-0.39, 0.29) is 24.0 Å². The average molecular weight is 570 g/mol. The SMILES string of the molecule is CCC(=O)N1CCc2nc(-c3cccc(OCC(=O)NC(C)(C)CC)c3)nc(Nc3ccc(/C(C=N)=C/N)cc3)c2C1. The number of amides is 2. The lowest BCUT2D eigenvalue weighted by Crippen LogP contribution is -2.44. The van der Waals surface area contributed by atoms with Crippen LogP contribution in [-0.2, 0) is 22.6 Å². The molecule has 220 valence electrons. The Morgan fingerprint density at radius 3 is 2.57 bits per heavy atom. The van der Waals surface area contributed by atoms with Crippen molar-refractivity contribution in [3.8, 4) is 17.1 Å². The zero-order valence-electron chi connectivity index (χ0n) is 24.7. The molecule has 5 N–H and O–H groups in total. The van der Waals surface area contributed by atoms with Gasteiger partial charge in [-0.2, -0.15) is 0 Å². The zero-order chi connectivity index (χ0) is 30.3. The minimum atomic E-state index is -0.302.